The Labute approximate surface area is 176 Å². The van der Waals surface area contributed by atoms with Crippen molar-refractivity contribution in [3.63, 3.8) is 0 Å². The third-order valence-corrected chi connectivity index (χ3v) is 7.49. The molecule has 1 aromatic heterocycles. The van der Waals surface area contributed by atoms with Crippen molar-refractivity contribution in [1.29, 1.82) is 0 Å². The number of rotatable bonds is 5. The molecule has 3 heterocycles. The van der Waals surface area contributed by atoms with E-state index in [1.807, 2.05) is 30.3 Å². The number of H-pyrrole nitrogens is 1. The van der Waals surface area contributed by atoms with Crippen molar-refractivity contribution in [2.24, 2.45) is 5.14 Å². The first-order chi connectivity index (χ1) is 14.4. The SMILES string of the molecule is Nc1nc2c(-c3ccc(SC4CNC4)c(S(N)(=O)=O)c3C3NNNN3)cccc2[nH]1. The van der Waals surface area contributed by atoms with Crippen molar-refractivity contribution in [2.45, 2.75) is 21.2 Å². The molecule has 158 valence electrons. The Morgan fingerprint density at radius 2 is 1.83 bits per heavy atom. The standard InChI is InChI=1S/C17H21N9O2S2/c18-17-21-11-3-1-2-10(14(11)22-17)9-4-5-12(29-8-6-20-7-8)15(30(19,27)28)13(9)16-23-25-26-24-16/h1-5,8,16,20,23-26H,6-7H2,(H3,18,21,22)(H2,19,27,28). The monoisotopic (exact) mass is 447 g/mol. The van der Waals surface area contributed by atoms with Crippen LogP contribution in [0.2, 0.25) is 0 Å². The van der Waals surface area contributed by atoms with E-state index >= 15 is 0 Å². The summed E-state index contributed by atoms with van der Waals surface area (Å²) in [5, 5.41) is 9.22. The maximum absolute atomic E-state index is 12.8. The van der Waals surface area contributed by atoms with E-state index in [0.29, 0.717) is 26.8 Å². The predicted octanol–water partition coefficient (Wildman–Crippen LogP) is -0.361. The van der Waals surface area contributed by atoms with Gasteiger partial charge in [-0.1, -0.05) is 18.2 Å². The first-order valence-corrected chi connectivity index (χ1v) is 11.7. The molecule has 0 spiro atoms. The normalized spacial score (nSPS) is 18.2. The first kappa shape index (κ1) is 19.7. The van der Waals surface area contributed by atoms with Gasteiger partial charge in [0.05, 0.1) is 11.0 Å². The van der Waals surface area contributed by atoms with Gasteiger partial charge in [-0.3, -0.25) is 0 Å². The fraction of sp³-hybridized carbons (Fsp3) is 0.235. The minimum Gasteiger partial charge on any atom is -0.369 e. The summed E-state index contributed by atoms with van der Waals surface area (Å²) in [4.78, 5) is 8.12. The van der Waals surface area contributed by atoms with Crippen LogP contribution in [0.25, 0.3) is 22.2 Å². The quantitative estimate of drug-likeness (QED) is 0.258. The van der Waals surface area contributed by atoms with Crippen molar-refractivity contribution in [2.75, 3.05) is 18.8 Å². The lowest BCUT2D eigenvalue weighted by Crippen LogP contribution is -2.44. The van der Waals surface area contributed by atoms with Gasteiger partial charge in [0.2, 0.25) is 10.0 Å². The lowest BCUT2D eigenvalue weighted by Gasteiger charge is -2.28. The molecule has 2 aliphatic rings. The molecular weight excluding hydrogens is 426 g/mol. The maximum Gasteiger partial charge on any atom is 0.239 e. The molecule has 3 aromatic rings. The van der Waals surface area contributed by atoms with Crippen LogP contribution in [0.1, 0.15) is 11.7 Å². The summed E-state index contributed by atoms with van der Waals surface area (Å²) in [6, 6.07) is 9.33. The average molecular weight is 448 g/mol. The van der Waals surface area contributed by atoms with Crippen molar-refractivity contribution >= 4 is 38.8 Å². The van der Waals surface area contributed by atoms with Gasteiger partial charge >= 0.3 is 0 Å². The average Bonchev–Trinajstić information content (AvgIpc) is 3.31. The van der Waals surface area contributed by atoms with Crippen molar-refractivity contribution in [1.82, 2.24) is 37.2 Å². The number of fused-ring (bicyclic) bond motifs is 1. The lowest BCUT2D eigenvalue weighted by atomic mass is 9.96. The number of anilines is 1. The van der Waals surface area contributed by atoms with Crippen LogP contribution in [0.5, 0.6) is 0 Å². The molecule has 11 nitrogen and oxygen atoms in total. The van der Waals surface area contributed by atoms with Gasteiger partial charge in [0, 0.05) is 34.4 Å². The van der Waals surface area contributed by atoms with Crippen molar-refractivity contribution < 1.29 is 8.42 Å². The Kier molecular flexibility index (Phi) is 4.91. The summed E-state index contributed by atoms with van der Waals surface area (Å²) in [5.41, 5.74) is 20.7. The lowest BCUT2D eigenvalue weighted by molar-refractivity contribution is 0.534. The number of hydrogen-bond acceptors (Lipinski definition) is 10. The summed E-state index contributed by atoms with van der Waals surface area (Å²) in [5.74, 6) is 0.288. The highest BCUT2D eigenvalue weighted by Gasteiger charge is 2.32. The fourth-order valence-corrected chi connectivity index (χ4v) is 6.18. The summed E-state index contributed by atoms with van der Waals surface area (Å²) >= 11 is 1.51. The zero-order valence-corrected chi connectivity index (χ0v) is 17.3. The second-order valence-corrected chi connectivity index (χ2v) is 9.93. The van der Waals surface area contributed by atoms with Gasteiger partial charge in [-0.2, -0.15) is 11.1 Å². The first-order valence-electron chi connectivity index (χ1n) is 9.24. The zero-order valence-electron chi connectivity index (χ0n) is 15.7. The van der Waals surface area contributed by atoms with Gasteiger partial charge in [-0.05, 0) is 17.7 Å². The summed E-state index contributed by atoms with van der Waals surface area (Å²) < 4.78 is 25.6. The van der Waals surface area contributed by atoms with E-state index < -0.39 is 16.2 Å². The minimum atomic E-state index is -4.04. The van der Waals surface area contributed by atoms with Gasteiger partial charge in [0.15, 0.2) is 5.95 Å². The van der Waals surface area contributed by atoms with Gasteiger partial charge in [-0.15, -0.1) is 11.8 Å². The summed E-state index contributed by atoms with van der Waals surface area (Å²) in [7, 11) is -4.04. The van der Waals surface area contributed by atoms with Crippen LogP contribution < -0.4 is 38.1 Å². The van der Waals surface area contributed by atoms with Crippen LogP contribution in [-0.4, -0.2) is 36.7 Å². The van der Waals surface area contributed by atoms with Gasteiger partial charge in [0.1, 0.15) is 11.1 Å². The highest BCUT2D eigenvalue weighted by molar-refractivity contribution is 8.00. The van der Waals surface area contributed by atoms with Crippen LogP contribution in [0.3, 0.4) is 0 Å². The molecule has 0 saturated carbocycles. The molecule has 5 rings (SSSR count). The molecule has 2 aliphatic heterocycles. The number of nitrogen functional groups attached to an aromatic ring is 1. The molecular formula is C17H21N9O2S2. The van der Waals surface area contributed by atoms with Gasteiger partial charge in [0.25, 0.3) is 0 Å². The van der Waals surface area contributed by atoms with Crippen LogP contribution >= 0.6 is 11.8 Å². The molecule has 0 radical (unpaired) electrons. The molecule has 13 heteroatoms. The van der Waals surface area contributed by atoms with Gasteiger partial charge < -0.3 is 16.0 Å². The highest BCUT2D eigenvalue weighted by atomic mass is 32.2. The Morgan fingerprint density at radius 1 is 1.07 bits per heavy atom. The summed E-state index contributed by atoms with van der Waals surface area (Å²) in [6.07, 6.45) is -0.556. The third-order valence-electron chi connectivity index (χ3n) is 5.09. The smallest absolute Gasteiger partial charge is 0.239 e. The number of benzene rings is 2. The third kappa shape index (κ3) is 3.44. The van der Waals surface area contributed by atoms with Gasteiger partial charge in [-0.25, -0.2) is 29.4 Å². The number of aromatic amines is 1. The number of primary sulfonamides is 1. The van der Waals surface area contributed by atoms with E-state index in [2.05, 4.69) is 37.2 Å². The van der Waals surface area contributed by atoms with Crippen molar-refractivity contribution in [3.05, 3.63) is 35.9 Å². The Balaban J connectivity index is 1.78. The number of imidazole rings is 1. The fourth-order valence-electron chi connectivity index (χ4n) is 3.68. The van der Waals surface area contributed by atoms with Crippen LogP contribution in [0.4, 0.5) is 5.95 Å². The predicted molar refractivity (Wildman–Crippen MR) is 115 cm³/mol. The number of hydrazine groups is 3. The molecule has 0 aliphatic carbocycles. The number of nitrogens with one attached hydrogen (secondary N) is 6. The molecule has 2 saturated heterocycles. The number of nitrogens with zero attached hydrogens (tertiary/aromatic N) is 1. The number of thioether (sulfide) groups is 1. The zero-order chi connectivity index (χ0) is 20.9. The molecule has 2 fully saturated rings. The topological polar surface area (TPSA) is 175 Å². The molecule has 2 aromatic carbocycles. The van der Waals surface area contributed by atoms with Crippen LogP contribution in [0.15, 0.2) is 40.1 Å². The van der Waals surface area contributed by atoms with E-state index in [0.717, 1.165) is 24.2 Å². The van der Waals surface area contributed by atoms with Crippen LogP contribution in [-0.2, 0) is 10.0 Å². The van der Waals surface area contributed by atoms with E-state index in [4.69, 9.17) is 10.9 Å². The Morgan fingerprint density at radius 3 is 2.50 bits per heavy atom. The largest absolute Gasteiger partial charge is 0.369 e. The van der Waals surface area contributed by atoms with E-state index in [1.54, 1.807) is 0 Å². The maximum atomic E-state index is 12.8. The van der Waals surface area contributed by atoms with Crippen LogP contribution in [0, 0.1) is 0 Å². The molecule has 0 unspecified atom stereocenters. The number of para-hydroxylation sites is 1. The van der Waals surface area contributed by atoms with E-state index in [-0.39, 0.29) is 10.8 Å². The molecule has 10 N–H and O–H groups in total. The Bertz CT molecular complexity index is 1220. The second-order valence-electron chi connectivity index (χ2n) is 7.09. The molecule has 0 atom stereocenters. The molecule has 0 bridgehead atoms. The summed E-state index contributed by atoms with van der Waals surface area (Å²) in [6.45, 7) is 1.64. The Hall–Kier alpha value is -2.23. The second kappa shape index (κ2) is 7.47. The molecule has 30 heavy (non-hydrogen) atoms. The van der Waals surface area contributed by atoms with E-state index in [1.165, 1.54) is 11.8 Å². The minimum absolute atomic E-state index is 0.0907. The number of nitrogens with two attached hydrogens (primary N) is 2. The van der Waals surface area contributed by atoms with E-state index in [9.17, 15) is 8.42 Å². The number of aromatic nitrogens is 2. The molecule has 0 amide bonds. The van der Waals surface area contributed by atoms with Crippen molar-refractivity contribution in [3.8, 4) is 11.1 Å². The number of sulfonamides is 1. The highest BCUT2D eigenvalue weighted by Crippen LogP contribution is 2.41. The number of hydrogen-bond donors (Lipinski definition) is 8.